The lowest BCUT2D eigenvalue weighted by atomic mass is 9.90. The lowest BCUT2D eigenvalue weighted by Gasteiger charge is -2.34. The molecule has 13 heavy (non-hydrogen) atoms. The highest BCUT2D eigenvalue weighted by atomic mass is 16.2. The molecule has 0 saturated heterocycles. The highest BCUT2D eigenvalue weighted by molar-refractivity contribution is 5.73. The number of carbonyl (C=O) groups is 1. The molecule has 3 heteroatoms. The molecule has 76 valence electrons. The zero-order valence-electron chi connectivity index (χ0n) is 8.84. The number of carbonyl (C=O) groups excluding carboxylic acids is 1. The van der Waals surface area contributed by atoms with Gasteiger partial charge in [0.05, 0.1) is 0 Å². The van der Waals surface area contributed by atoms with Gasteiger partial charge in [-0.25, -0.2) is 0 Å². The van der Waals surface area contributed by atoms with Crippen LogP contribution >= 0.6 is 0 Å². The van der Waals surface area contributed by atoms with Crippen LogP contribution in [-0.2, 0) is 4.79 Å². The standard InChI is InChI=1S/C10H20N2O/c1-8(13)12(3)10-6-4-9(11-2)5-7-10/h9-11H,4-7H2,1-3H3/t9-,10+. The van der Waals surface area contributed by atoms with Crippen LogP contribution in [0.2, 0.25) is 0 Å². The number of rotatable bonds is 2. The third-order valence-electron chi connectivity index (χ3n) is 3.15. The number of hydrogen-bond acceptors (Lipinski definition) is 2. The molecule has 0 unspecified atom stereocenters. The smallest absolute Gasteiger partial charge is 0.219 e. The van der Waals surface area contributed by atoms with Crippen molar-refractivity contribution >= 4 is 5.91 Å². The van der Waals surface area contributed by atoms with Crippen LogP contribution < -0.4 is 5.32 Å². The van der Waals surface area contributed by atoms with Crippen LogP contribution in [-0.4, -0.2) is 37.0 Å². The first-order valence-electron chi connectivity index (χ1n) is 5.05. The Kier molecular flexibility index (Phi) is 3.72. The SMILES string of the molecule is CN[C@H]1CC[C@@H](N(C)C(C)=O)CC1. The molecule has 0 aromatic heterocycles. The third kappa shape index (κ3) is 2.69. The Labute approximate surface area is 80.5 Å². The van der Waals surface area contributed by atoms with Gasteiger partial charge in [-0.05, 0) is 32.7 Å². The van der Waals surface area contributed by atoms with Crippen molar-refractivity contribution in [2.24, 2.45) is 0 Å². The second-order valence-electron chi connectivity index (χ2n) is 3.92. The highest BCUT2D eigenvalue weighted by Gasteiger charge is 2.23. The molecule has 0 radical (unpaired) electrons. The van der Waals surface area contributed by atoms with E-state index in [1.165, 1.54) is 12.8 Å². The van der Waals surface area contributed by atoms with Crippen molar-refractivity contribution in [3.05, 3.63) is 0 Å². The highest BCUT2D eigenvalue weighted by Crippen LogP contribution is 2.21. The van der Waals surface area contributed by atoms with E-state index in [-0.39, 0.29) is 5.91 Å². The van der Waals surface area contributed by atoms with Crippen molar-refractivity contribution in [2.75, 3.05) is 14.1 Å². The summed E-state index contributed by atoms with van der Waals surface area (Å²) in [6, 6.07) is 1.14. The van der Waals surface area contributed by atoms with Crippen molar-refractivity contribution in [3.63, 3.8) is 0 Å². The molecular weight excluding hydrogens is 164 g/mol. The Hall–Kier alpha value is -0.570. The average Bonchev–Trinajstić information content (AvgIpc) is 2.17. The van der Waals surface area contributed by atoms with Gasteiger partial charge in [0.25, 0.3) is 0 Å². The van der Waals surface area contributed by atoms with E-state index < -0.39 is 0 Å². The molecule has 0 spiro atoms. The van der Waals surface area contributed by atoms with E-state index in [0.29, 0.717) is 12.1 Å². The summed E-state index contributed by atoms with van der Waals surface area (Å²) >= 11 is 0. The normalized spacial score (nSPS) is 28.5. The summed E-state index contributed by atoms with van der Waals surface area (Å²) in [7, 11) is 3.92. The number of nitrogens with zero attached hydrogens (tertiary/aromatic N) is 1. The maximum atomic E-state index is 11.1. The van der Waals surface area contributed by atoms with Crippen LogP contribution in [0, 0.1) is 0 Å². The summed E-state index contributed by atoms with van der Waals surface area (Å²) in [6.07, 6.45) is 4.67. The monoisotopic (exact) mass is 184 g/mol. The van der Waals surface area contributed by atoms with Crippen LogP contribution in [0.5, 0.6) is 0 Å². The summed E-state index contributed by atoms with van der Waals surface area (Å²) < 4.78 is 0. The molecule has 1 N–H and O–H groups in total. The first-order chi connectivity index (χ1) is 6.15. The van der Waals surface area contributed by atoms with Gasteiger partial charge in [0.15, 0.2) is 0 Å². The number of nitrogens with one attached hydrogen (secondary N) is 1. The van der Waals surface area contributed by atoms with Crippen LogP contribution in [0.4, 0.5) is 0 Å². The van der Waals surface area contributed by atoms with Gasteiger partial charge in [-0.15, -0.1) is 0 Å². The first kappa shape index (κ1) is 10.5. The molecule has 0 atom stereocenters. The van der Waals surface area contributed by atoms with Gasteiger partial charge in [0.2, 0.25) is 5.91 Å². The van der Waals surface area contributed by atoms with Crippen molar-refractivity contribution in [2.45, 2.75) is 44.7 Å². The first-order valence-corrected chi connectivity index (χ1v) is 5.05. The summed E-state index contributed by atoms with van der Waals surface area (Å²) in [5.41, 5.74) is 0. The van der Waals surface area contributed by atoms with Gasteiger partial charge in [-0.1, -0.05) is 0 Å². The number of hydrogen-bond donors (Lipinski definition) is 1. The molecule has 0 bridgehead atoms. The van der Waals surface area contributed by atoms with Crippen molar-refractivity contribution < 1.29 is 4.79 Å². The van der Waals surface area contributed by atoms with Gasteiger partial charge < -0.3 is 10.2 Å². The second kappa shape index (κ2) is 4.61. The summed E-state index contributed by atoms with van der Waals surface area (Å²) in [4.78, 5) is 13.0. The maximum Gasteiger partial charge on any atom is 0.219 e. The van der Waals surface area contributed by atoms with E-state index in [9.17, 15) is 4.79 Å². The predicted molar refractivity (Wildman–Crippen MR) is 53.5 cm³/mol. The fourth-order valence-corrected chi connectivity index (χ4v) is 2.01. The maximum absolute atomic E-state index is 11.1. The molecule has 1 saturated carbocycles. The van der Waals surface area contributed by atoms with Crippen LogP contribution in [0.1, 0.15) is 32.6 Å². The van der Waals surface area contributed by atoms with E-state index in [2.05, 4.69) is 5.32 Å². The van der Waals surface area contributed by atoms with E-state index in [0.717, 1.165) is 12.8 Å². The predicted octanol–water partition coefficient (Wildman–Crippen LogP) is 0.995. The van der Waals surface area contributed by atoms with Crippen LogP contribution in [0.25, 0.3) is 0 Å². The van der Waals surface area contributed by atoms with E-state index in [1.807, 2.05) is 19.0 Å². The van der Waals surface area contributed by atoms with Gasteiger partial charge in [0, 0.05) is 26.1 Å². The zero-order chi connectivity index (χ0) is 9.84. The summed E-state index contributed by atoms with van der Waals surface area (Å²) in [6.45, 7) is 1.64. The fraction of sp³-hybridized carbons (Fsp3) is 0.900. The van der Waals surface area contributed by atoms with E-state index in [4.69, 9.17) is 0 Å². The van der Waals surface area contributed by atoms with Gasteiger partial charge in [-0.3, -0.25) is 4.79 Å². The molecule has 1 aliphatic rings. The summed E-state index contributed by atoms with van der Waals surface area (Å²) in [5, 5.41) is 3.29. The van der Waals surface area contributed by atoms with Crippen LogP contribution in [0.15, 0.2) is 0 Å². The van der Waals surface area contributed by atoms with Gasteiger partial charge in [-0.2, -0.15) is 0 Å². The minimum atomic E-state index is 0.188. The van der Waals surface area contributed by atoms with Crippen molar-refractivity contribution in [1.29, 1.82) is 0 Å². The van der Waals surface area contributed by atoms with Gasteiger partial charge >= 0.3 is 0 Å². The zero-order valence-corrected chi connectivity index (χ0v) is 8.84. The Morgan fingerprint density at radius 3 is 2.23 bits per heavy atom. The summed E-state index contributed by atoms with van der Waals surface area (Å²) in [5.74, 6) is 0.188. The molecule has 0 aromatic rings. The Bertz CT molecular complexity index is 174. The number of amides is 1. The van der Waals surface area contributed by atoms with Gasteiger partial charge in [0.1, 0.15) is 0 Å². The molecule has 0 aliphatic heterocycles. The Balaban J connectivity index is 2.36. The molecule has 3 nitrogen and oxygen atoms in total. The largest absolute Gasteiger partial charge is 0.343 e. The second-order valence-corrected chi connectivity index (χ2v) is 3.92. The Morgan fingerprint density at radius 2 is 1.85 bits per heavy atom. The Morgan fingerprint density at radius 1 is 1.31 bits per heavy atom. The minimum Gasteiger partial charge on any atom is -0.343 e. The van der Waals surface area contributed by atoms with Crippen LogP contribution in [0.3, 0.4) is 0 Å². The topological polar surface area (TPSA) is 32.3 Å². The molecule has 1 aliphatic carbocycles. The average molecular weight is 184 g/mol. The lowest BCUT2D eigenvalue weighted by Crippen LogP contribution is -2.41. The third-order valence-corrected chi connectivity index (χ3v) is 3.15. The van der Waals surface area contributed by atoms with Crippen molar-refractivity contribution in [1.82, 2.24) is 10.2 Å². The fourth-order valence-electron chi connectivity index (χ4n) is 2.01. The molecule has 1 rings (SSSR count). The molecule has 0 aromatic carbocycles. The molecule has 1 amide bonds. The van der Waals surface area contributed by atoms with Crippen molar-refractivity contribution in [3.8, 4) is 0 Å². The lowest BCUT2D eigenvalue weighted by molar-refractivity contribution is -0.130. The molecule has 1 fully saturated rings. The van der Waals surface area contributed by atoms with E-state index >= 15 is 0 Å². The minimum absolute atomic E-state index is 0.188. The molecular formula is C10H20N2O. The molecule has 0 heterocycles. The quantitative estimate of drug-likeness (QED) is 0.694. The van der Waals surface area contributed by atoms with E-state index in [1.54, 1.807) is 6.92 Å².